The smallest absolute Gasteiger partial charge is 0.254 e. The van der Waals surface area contributed by atoms with Gasteiger partial charge in [0, 0.05) is 12.4 Å². The maximum atomic E-state index is 13.1. The van der Waals surface area contributed by atoms with Crippen LogP contribution in [0.4, 0.5) is 0 Å². The van der Waals surface area contributed by atoms with Crippen LogP contribution in [-0.4, -0.2) is 17.7 Å². The van der Waals surface area contributed by atoms with Gasteiger partial charge in [0.1, 0.15) is 6.61 Å². The monoisotopic (exact) mass is 354 g/mol. The highest BCUT2D eigenvalue weighted by atomic mass is 16.7. The number of rotatable bonds is 5. The topological polar surface area (TPSA) is 69.7 Å². The first-order chi connectivity index (χ1) is 12.8. The molecule has 1 aromatic carbocycles. The average molecular weight is 354 g/mol. The van der Waals surface area contributed by atoms with Crippen molar-refractivity contribution >= 4 is 5.91 Å². The van der Waals surface area contributed by atoms with Crippen molar-refractivity contribution in [2.24, 2.45) is 0 Å². The molecule has 26 heavy (non-hydrogen) atoms. The first kappa shape index (κ1) is 16.8. The van der Waals surface area contributed by atoms with Gasteiger partial charge in [0.15, 0.2) is 11.5 Å². The van der Waals surface area contributed by atoms with Crippen LogP contribution in [0.5, 0.6) is 11.5 Å². The number of carbonyl (C=O) groups excluding carboxylic acids is 1. The molecule has 6 nitrogen and oxygen atoms in total. The van der Waals surface area contributed by atoms with E-state index in [-0.39, 0.29) is 19.3 Å². The van der Waals surface area contributed by atoms with E-state index in [4.69, 9.17) is 14.3 Å². The molecular weight excluding hydrogens is 332 g/mol. The Bertz CT molecular complexity index is 773. The van der Waals surface area contributed by atoms with Gasteiger partial charge in [-0.25, -0.2) is 5.48 Å². The second kappa shape index (κ2) is 7.33. The molecule has 0 radical (unpaired) electrons. The predicted molar refractivity (Wildman–Crippen MR) is 94.5 cm³/mol. The van der Waals surface area contributed by atoms with Crippen molar-refractivity contribution in [2.45, 2.75) is 44.1 Å². The number of hydrogen-bond donors (Lipinski definition) is 1. The van der Waals surface area contributed by atoms with Crippen LogP contribution in [-0.2, 0) is 21.7 Å². The lowest BCUT2D eigenvalue weighted by Crippen LogP contribution is -2.45. The van der Waals surface area contributed by atoms with E-state index >= 15 is 0 Å². The number of nitrogens with one attached hydrogen (secondary N) is 1. The van der Waals surface area contributed by atoms with Gasteiger partial charge >= 0.3 is 0 Å². The number of carbonyl (C=O) groups is 1. The summed E-state index contributed by atoms with van der Waals surface area (Å²) < 4.78 is 10.9. The first-order valence-corrected chi connectivity index (χ1v) is 8.99. The predicted octanol–water partition coefficient (Wildman–Crippen LogP) is 3.26. The van der Waals surface area contributed by atoms with Crippen molar-refractivity contribution in [3.63, 3.8) is 0 Å². The fourth-order valence-electron chi connectivity index (χ4n) is 3.76. The zero-order chi connectivity index (χ0) is 17.8. The van der Waals surface area contributed by atoms with Crippen molar-refractivity contribution in [3.8, 4) is 11.5 Å². The van der Waals surface area contributed by atoms with Gasteiger partial charge < -0.3 is 9.47 Å². The normalized spacial score (nSPS) is 17.7. The van der Waals surface area contributed by atoms with Crippen LogP contribution in [0.2, 0.25) is 0 Å². The van der Waals surface area contributed by atoms with Crippen LogP contribution in [0.25, 0.3) is 0 Å². The third kappa shape index (κ3) is 3.24. The number of hydroxylamine groups is 1. The van der Waals surface area contributed by atoms with Gasteiger partial charge in [-0.2, -0.15) is 0 Å². The quantitative estimate of drug-likeness (QED) is 0.835. The molecule has 1 saturated carbocycles. The van der Waals surface area contributed by atoms with Crippen LogP contribution in [0.15, 0.2) is 42.7 Å². The van der Waals surface area contributed by atoms with Crippen LogP contribution < -0.4 is 15.0 Å². The Morgan fingerprint density at radius 1 is 1.15 bits per heavy atom. The van der Waals surface area contributed by atoms with E-state index in [1.54, 1.807) is 12.4 Å². The van der Waals surface area contributed by atoms with E-state index in [0.29, 0.717) is 5.75 Å². The minimum Gasteiger partial charge on any atom is -0.454 e. The summed E-state index contributed by atoms with van der Waals surface area (Å²) in [6.45, 7) is 0.517. The van der Waals surface area contributed by atoms with Crippen molar-refractivity contribution < 1.29 is 19.1 Å². The SMILES string of the molecule is O=C(NOCc1cccnc1)C1(c2ccc3c(c2)OCO3)CCCCC1. The molecule has 2 aliphatic rings. The number of fused-ring (bicyclic) bond motifs is 1. The number of aromatic nitrogens is 1. The summed E-state index contributed by atoms with van der Waals surface area (Å²) in [5.41, 5.74) is 3.95. The Morgan fingerprint density at radius 2 is 2.00 bits per heavy atom. The second-order valence-corrected chi connectivity index (χ2v) is 6.79. The number of benzene rings is 1. The van der Waals surface area contributed by atoms with Crippen LogP contribution in [0, 0.1) is 0 Å². The molecule has 1 aliphatic heterocycles. The van der Waals surface area contributed by atoms with Gasteiger partial charge in [-0.15, -0.1) is 0 Å². The van der Waals surface area contributed by atoms with Gasteiger partial charge in [0.2, 0.25) is 6.79 Å². The van der Waals surface area contributed by atoms with E-state index < -0.39 is 5.41 Å². The number of pyridine rings is 1. The molecule has 0 atom stereocenters. The molecule has 4 rings (SSSR count). The number of ether oxygens (including phenoxy) is 2. The Kier molecular flexibility index (Phi) is 4.75. The third-order valence-corrected chi connectivity index (χ3v) is 5.19. The lowest BCUT2D eigenvalue weighted by molar-refractivity contribution is -0.142. The average Bonchev–Trinajstić information content (AvgIpc) is 3.17. The van der Waals surface area contributed by atoms with Gasteiger partial charge in [-0.3, -0.25) is 14.6 Å². The summed E-state index contributed by atoms with van der Waals surface area (Å²) in [6, 6.07) is 9.55. The van der Waals surface area contributed by atoms with Gasteiger partial charge in [-0.05, 0) is 42.2 Å². The molecule has 1 amide bonds. The molecule has 2 heterocycles. The molecule has 0 spiro atoms. The Morgan fingerprint density at radius 3 is 2.81 bits per heavy atom. The molecule has 136 valence electrons. The van der Waals surface area contributed by atoms with E-state index in [1.165, 1.54) is 0 Å². The van der Waals surface area contributed by atoms with Gasteiger partial charge in [0.25, 0.3) is 5.91 Å². The van der Waals surface area contributed by atoms with Crippen molar-refractivity contribution in [2.75, 3.05) is 6.79 Å². The Labute approximate surface area is 152 Å². The summed E-state index contributed by atoms with van der Waals surface area (Å²) in [7, 11) is 0. The Balaban J connectivity index is 1.51. The first-order valence-electron chi connectivity index (χ1n) is 8.99. The lowest BCUT2D eigenvalue weighted by Gasteiger charge is -2.36. The standard InChI is InChI=1S/C20H22N2O4/c23-19(22-26-13-15-5-4-10-21-12-15)20(8-2-1-3-9-20)16-6-7-17-18(11-16)25-14-24-17/h4-7,10-12H,1-3,8-9,13-14H2,(H,22,23). The summed E-state index contributed by atoms with van der Waals surface area (Å²) >= 11 is 0. The molecule has 0 saturated heterocycles. The Hall–Kier alpha value is -2.60. The lowest BCUT2D eigenvalue weighted by atomic mass is 9.69. The molecule has 1 aromatic heterocycles. The van der Waals surface area contributed by atoms with Crippen molar-refractivity contribution in [1.29, 1.82) is 0 Å². The molecule has 1 fully saturated rings. The number of hydrogen-bond acceptors (Lipinski definition) is 5. The van der Waals surface area contributed by atoms with E-state index in [1.807, 2.05) is 30.3 Å². The van der Waals surface area contributed by atoms with Gasteiger partial charge in [0.05, 0.1) is 5.41 Å². The molecule has 6 heteroatoms. The van der Waals surface area contributed by atoms with Crippen molar-refractivity contribution in [1.82, 2.24) is 10.5 Å². The minimum absolute atomic E-state index is 0.0973. The fourth-order valence-corrected chi connectivity index (χ4v) is 3.76. The minimum atomic E-state index is -0.589. The highest BCUT2D eigenvalue weighted by Crippen LogP contribution is 2.43. The maximum absolute atomic E-state index is 13.1. The van der Waals surface area contributed by atoms with E-state index in [2.05, 4.69) is 10.5 Å². The zero-order valence-corrected chi connectivity index (χ0v) is 14.6. The largest absolute Gasteiger partial charge is 0.454 e. The summed E-state index contributed by atoms with van der Waals surface area (Å²) in [5, 5.41) is 0. The molecule has 1 N–H and O–H groups in total. The van der Waals surface area contributed by atoms with Crippen LogP contribution in [0.1, 0.15) is 43.2 Å². The van der Waals surface area contributed by atoms with E-state index in [0.717, 1.165) is 49.0 Å². The zero-order valence-electron chi connectivity index (χ0n) is 14.6. The molecule has 0 unspecified atom stereocenters. The van der Waals surface area contributed by atoms with Crippen molar-refractivity contribution in [3.05, 3.63) is 53.9 Å². The molecule has 1 aliphatic carbocycles. The molecule has 2 aromatic rings. The van der Waals surface area contributed by atoms with Crippen LogP contribution >= 0.6 is 0 Å². The number of nitrogens with zero attached hydrogens (tertiary/aromatic N) is 1. The molecule has 0 bridgehead atoms. The highest BCUT2D eigenvalue weighted by molar-refractivity contribution is 5.87. The molecular formula is C20H22N2O4. The second-order valence-electron chi connectivity index (χ2n) is 6.79. The fraction of sp³-hybridized carbons (Fsp3) is 0.400. The van der Waals surface area contributed by atoms with Crippen LogP contribution in [0.3, 0.4) is 0 Å². The third-order valence-electron chi connectivity index (χ3n) is 5.19. The van der Waals surface area contributed by atoms with Gasteiger partial charge in [-0.1, -0.05) is 31.4 Å². The van der Waals surface area contributed by atoms with E-state index in [9.17, 15) is 4.79 Å². The summed E-state index contributed by atoms with van der Waals surface area (Å²) in [6.07, 6.45) is 8.22. The maximum Gasteiger partial charge on any atom is 0.254 e. The number of amides is 1. The highest BCUT2D eigenvalue weighted by Gasteiger charge is 2.42. The summed E-state index contributed by atoms with van der Waals surface area (Å²) in [5.74, 6) is 1.34. The summed E-state index contributed by atoms with van der Waals surface area (Å²) in [4.78, 5) is 22.6.